The first-order valence-corrected chi connectivity index (χ1v) is 7.31. The van der Waals surface area contributed by atoms with Crippen molar-refractivity contribution in [3.8, 4) is 0 Å². The Bertz CT molecular complexity index is 554. The Kier molecular flexibility index (Phi) is 5.52. The summed E-state index contributed by atoms with van der Waals surface area (Å²) in [6.45, 7) is 1.99. The van der Waals surface area contributed by atoms with E-state index in [1.165, 1.54) is 0 Å². The molecular weight excluding hydrogens is 260 g/mol. The number of hydrogen-bond acceptors (Lipinski definition) is 2. The van der Waals surface area contributed by atoms with Crippen LogP contribution in [-0.2, 0) is 4.79 Å². The third kappa shape index (κ3) is 4.72. The zero-order valence-electron chi connectivity index (χ0n) is 12.3. The van der Waals surface area contributed by atoms with Gasteiger partial charge in [-0.2, -0.15) is 0 Å². The fourth-order valence-corrected chi connectivity index (χ4v) is 2.29. The second-order valence-corrected chi connectivity index (χ2v) is 5.26. The largest absolute Gasteiger partial charge is 0.350 e. The zero-order valence-corrected chi connectivity index (χ0v) is 12.3. The first-order valence-electron chi connectivity index (χ1n) is 7.31. The highest BCUT2D eigenvalue weighted by Gasteiger charge is 2.12. The summed E-state index contributed by atoms with van der Waals surface area (Å²) in [7, 11) is 0. The number of amides is 1. The molecule has 2 atom stereocenters. The molecule has 3 heteroatoms. The SMILES string of the molecule is C[C@@H](NC(=O)CCC(N)c1ccccc1)c1ccccc1. The fraction of sp³-hybridized carbons (Fsp3) is 0.278. The molecule has 0 spiro atoms. The van der Waals surface area contributed by atoms with Crippen molar-refractivity contribution >= 4 is 5.91 Å². The number of nitrogens with one attached hydrogen (secondary N) is 1. The Morgan fingerprint density at radius 2 is 1.52 bits per heavy atom. The van der Waals surface area contributed by atoms with E-state index >= 15 is 0 Å². The van der Waals surface area contributed by atoms with E-state index in [4.69, 9.17) is 5.73 Å². The predicted octanol–water partition coefficient (Wildman–Crippen LogP) is 3.34. The molecule has 2 aromatic rings. The van der Waals surface area contributed by atoms with Crippen molar-refractivity contribution in [2.75, 3.05) is 0 Å². The van der Waals surface area contributed by atoms with Gasteiger partial charge >= 0.3 is 0 Å². The average molecular weight is 282 g/mol. The standard InChI is InChI=1S/C18H22N2O/c1-14(15-8-4-2-5-9-15)20-18(21)13-12-17(19)16-10-6-3-7-11-16/h2-11,14,17H,12-13,19H2,1H3,(H,20,21)/t14-,17?/m1/s1. The molecule has 0 saturated carbocycles. The number of hydrogen-bond donors (Lipinski definition) is 2. The molecule has 0 bridgehead atoms. The van der Waals surface area contributed by atoms with Gasteiger partial charge in [-0.3, -0.25) is 4.79 Å². The number of rotatable bonds is 6. The molecule has 3 N–H and O–H groups in total. The van der Waals surface area contributed by atoms with Crippen molar-refractivity contribution in [3.63, 3.8) is 0 Å². The molecule has 0 fully saturated rings. The van der Waals surface area contributed by atoms with Gasteiger partial charge in [0, 0.05) is 12.5 Å². The smallest absolute Gasteiger partial charge is 0.220 e. The lowest BCUT2D eigenvalue weighted by Crippen LogP contribution is -2.27. The number of carbonyl (C=O) groups excluding carboxylic acids is 1. The van der Waals surface area contributed by atoms with Gasteiger partial charge < -0.3 is 11.1 Å². The summed E-state index contributed by atoms with van der Waals surface area (Å²) in [6, 6.07) is 19.8. The normalized spacial score (nSPS) is 13.4. The summed E-state index contributed by atoms with van der Waals surface area (Å²) in [5.41, 5.74) is 8.29. The van der Waals surface area contributed by atoms with Crippen LogP contribution < -0.4 is 11.1 Å². The third-order valence-corrected chi connectivity index (χ3v) is 3.59. The molecular formula is C18H22N2O. The molecule has 21 heavy (non-hydrogen) atoms. The molecule has 0 aliphatic heterocycles. The topological polar surface area (TPSA) is 55.1 Å². The summed E-state index contributed by atoms with van der Waals surface area (Å²) in [4.78, 5) is 12.0. The molecule has 1 unspecified atom stereocenters. The highest BCUT2D eigenvalue weighted by Crippen LogP contribution is 2.16. The van der Waals surface area contributed by atoms with Crippen molar-refractivity contribution in [2.24, 2.45) is 5.73 Å². The van der Waals surface area contributed by atoms with Gasteiger partial charge in [0.2, 0.25) is 5.91 Å². The van der Waals surface area contributed by atoms with Crippen LogP contribution in [0.1, 0.15) is 43.0 Å². The minimum atomic E-state index is -0.0935. The van der Waals surface area contributed by atoms with Gasteiger partial charge in [0.25, 0.3) is 0 Å². The van der Waals surface area contributed by atoms with Gasteiger partial charge in [0.15, 0.2) is 0 Å². The van der Waals surface area contributed by atoms with Gasteiger partial charge in [0.05, 0.1) is 6.04 Å². The maximum absolute atomic E-state index is 12.0. The van der Waals surface area contributed by atoms with Crippen LogP contribution in [0, 0.1) is 0 Å². The predicted molar refractivity (Wildman–Crippen MR) is 85.6 cm³/mol. The molecule has 1 amide bonds. The van der Waals surface area contributed by atoms with E-state index < -0.39 is 0 Å². The highest BCUT2D eigenvalue weighted by atomic mass is 16.1. The second kappa shape index (κ2) is 7.60. The Balaban J connectivity index is 1.80. The summed E-state index contributed by atoms with van der Waals surface area (Å²) >= 11 is 0. The molecule has 2 aromatic carbocycles. The van der Waals surface area contributed by atoms with Crippen LogP contribution in [0.4, 0.5) is 0 Å². The molecule has 110 valence electrons. The van der Waals surface area contributed by atoms with E-state index in [1.807, 2.05) is 67.6 Å². The van der Waals surface area contributed by atoms with Crippen LogP contribution >= 0.6 is 0 Å². The van der Waals surface area contributed by atoms with Crippen LogP contribution in [0.25, 0.3) is 0 Å². The maximum Gasteiger partial charge on any atom is 0.220 e. The van der Waals surface area contributed by atoms with Crippen molar-refractivity contribution in [2.45, 2.75) is 31.8 Å². The van der Waals surface area contributed by atoms with E-state index in [1.54, 1.807) is 0 Å². The molecule has 2 rings (SSSR count). The summed E-state index contributed by atoms with van der Waals surface area (Å²) in [5, 5.41) is 3.01. The minimum absolute atomic E-state index is 0.0200. The lowest BCUT2D eigenvalue weighted by Gasteiger charge is -2.16. The van der Waals surface area contributed by atoms with Crippen molar-refractivity contribution < 1.29 is 4.79 Å². The molecule has 0 aliphatic carbocycles. The first kappa shape index (κ1) is 15.3. The van der Waals surface area contributed by atoms with E-state index in [-0.39, 0.29) is 18.0 Å². The Morgan fingerprint density at radius 1 is 1.00 bits per heavy atom. The zero-order chi connectivity index (χ0) is 15.1. The number of carbonyl (C=O) groups is 1. The second-order valence-electron chi connectivity index (χ2n) is 5.26. The summed E-state index contributed by atoms with van der Waals surface area (Å²) < 4.78 is 0. The van der Waals surface area contributed by atoms with Gasteiger partial charge in [-0.05, 0) is 24.5 Å². The lowest BCUT2D eigenvalue weighted by molar-refractivity contribution is -0.121. The summed E-state index contributed by atoms with van der Waals surface area (Å²) in [6.07, 6.45) is 1.09. The Labute approximate surface area is 126 Å². The van der Waals surface area contributed by atoms with Crippen molar-refractivity contribution in [1.82, 2.24) is 5.32 Å². The molecule has 0 aromatic heterocycles. The van der Waals surface area contributed by atoms with Gasteiger partial charge in [-0.1, -0.05) is 60.7 Å². The third-order valence-electron chi connectivity index (χ3n) is 3.59. The quantitative estimate of drug-likeness (QED) is 0.853. The van der Waals surface area contributed by atoms with Crippen LogP contribution in [0.5, 0.6) is 0 Å². The van der Waals surface area contributed by atoms with E-state index in [2.05, 4.69) is 5.32 Å². The molecule has 0 saturated heterocycles. The van der Waals surface area contributed by atoms with E-state index in [0.29, 0.717) is 12.8 Å². The first-order chi connectivity index (χ1) is 10.2. The number of nitrogens with two attached hydrogens (primary N) is 1. The van der Waals surface area contributed by atoms with Crippen LogP contribution in [-0.4, -0.2) is 5.91 Å². The van der Waals surface area contributed by atoms with Gasteiger partial charge in [0.1, 0.15) is 0 Å². The molecule has 0 radical (unpaired) electrons. The minimum Gasteiger partial charge on any atom is -0.350 e. The fourth-order valence-electron chi connectivity index (χ4n) is 2.29. The maximum atomic E-state index is 12.0. The van der Waals surface area contributed by atoms with Gasteiger partial charge in [-0.25, -0.2) is 0 Å². The van der Waals surface area contributed by atoms with Crippen molar-refractivity contribution in [3.05, 3.63) is 71.8 Å². The van der Waals surface area contributed by atoms with E-state index in [9.17, 15) is 4.79 Å². The molecule has 0 aliphatic rings. The van der Waals surface area contributed by atoms with Crippen LogP contribution in [0.3, 0.4) is 0 Å². The van der Waals surface area contributed by atoms with Crippen LogP contribution in [0.2, 0.25) is 0 Å². The van der Waals surface area contributed by atoms with Crippen molar-refractivity contribution in [1.29, 1.82) is 0 Å². The monoisotopic (exact) mass is 282 g/mol. The van der Waals surface area contributed by atoms with Gasteiger partial charge in [-0.15, -0.1) is 0 Å². The highest BCUT2D eigenvalue weighted by molar-refractivity contribution is 5.76. The lowest BCUT2D eigenvalue weighted by atomic mass is 10.0. The Morgan fingerprint density at radius 3 is 2.10 bits per heavy atom. The van der Waals surface area contributed by atoms with Crippen LogP contribution in [0.15, 0.2) is 60.7 Å². The molecule has 0 heterocycles. The van der Waals surface area contributed by atoms with E-state index in [0.717, 1.165) is 11.1 Å². The molecule has 3 nitrogen and oxygen atoms in total. The Hall–Kier alpha value is -2.13. The average Bonchev–Trinajstić information content (AvgIpc) is 2.54. The number of benzene rings is 2. The summed E-state index contributed by atoms with van der Waals surface area (Å²) in [5.74, 6) is 0.0396.